The predicted molar refractivity (Wildman–Crippen MR) is 37.1 cm³/mol. The largest absolute Gasteiger partial charge is 0.433 e. The summed E-state index contributed by atoms with van der Waals surface area (Å²) in [5.41, 5.74) is 0. The van der Waals surface area contributed by atoms with E-state index in [0.29, 0.717) is 6.61 Å². The molecular formula is C6H8ClNO2. The van der Waals surface area contributed by atoms with Gasteiger partial charge in [-0.2, -0.15) is 0 Å². The Morgan fingerprint density at radius 2 is 2.60 bits per heavy atom. The van der Waals surface area contributed by atoms with Crippen LogP contribution in [0, 0.1) is 0 Å². The van der Waals surface area contributed by atoms with Gasteiger partial charge in [0, 0.05) is 13.5 Å². The highest BCUT2D eigenvalue weighted by Gasteiger charge is 1.98. The molecule has 0 aliphatic rings. The molecule has 4 heteroatoms. The lowest BCUT2D eigenvalue weighted by Gasteiger charge is -1.91. The maximum Gasteiger partial charge on any atom is 0.292 e. The van der Waals surface area contributed by atoms with E-state index in [0.717, 1.165) is 12.2 Å². The summed E-state index contributed by atoms with van der Waals surface area (Å²) >= 11 is 5.42. The van der Waals surface area contributed by atoms with Gasteiger partial charge in [-0.3, -0.25) is 0 Å². The van der Waals surface area contributed by atoms with Crippen LogP contribution in [-0.4, -0.2) is 18.7 Å². The van der Waals surface area contributed by atoms with E-state index in [9.17, 15) is 0 Å². The van der Waals surface area contributed by atoms with Crippen LogP contribution in [0.15, 0.2) is 10.6 Å². The van der Waals surface area contributed by atoms with Gasteiger partial charge in [0.1, 0.15) is 5.76 Å². The summed E-state index contributed by atoms with van der Waals surface area (Å²) in [6.45, 7) is 0.630. The first-order valence-corrected chi connectivity index (χ1v) is 3.30. The molecule has 0 aliphatic heterocycles. The maximum atomic E-state index is 5.42. The van der Waals surface area contributed by atoms with Gasteiger partial charge in [0.15, 0.2) is 0 Å². The highest BCUT2D eigenvalue weighted by molar-refractivity contribution is 6.27. The van der Waals surface area contributed by atoms with Gasteiger partial charge in [-0.25, -0.2) is 4.98 Å². The lowest BCUT2D eigenvalue weighted by atomic mass is 10.4. The third-order valence-electron chi connectivity index (χ3n) is 1.08. The fourth-order valence-electron chi connectivity index (χ4n) is 0.602. The fourth-order valence-corrected chi connectivity index (χ4v) is 0.750. The third-order valence-corrected chi connectivity index (χ3v) is 1.25. The molecule has 3 nitrogen and oxygen atoms in total. The molecule has 10 heavy (non-hydrogen) atoms. The van der Waals surface area contributed by atoms with Crippen LogP contribution in [0.25, 0.3) is 0 Å². The summed E-state index contributed by atoms with van der Waals surface area (Å²) < 4.78 is 9.78. The number of halogens is 1. The third kappa shape index (κ3) is 2.01. The van der Waals surface area contributed by atoms with Crippen molar-refractivity contribution in [3.8, 4) is 0 Å². The molecule has 0 N–H and O–H groups in total. The van der Waals surface area contributed by atoms with Crippen molar-refractivity contribution in [2.45, 2.75) is 6.42 Å². The summed E-state index contributed by atoms with van der Waals surface area (Å²) in [4.78, 5) is 3.71. The first kappa shape index (κ1) is 7.57. The average molecular weight is 162 g/mol. The van der Waals surface area contributed by atoms with E-state index < -0.39 is 0 Å². The Hall–Kier alpha value is -0.540. The Morgan fingerprint density at radius 3 is 3.10 bits per heavy atom. The second kappa shape index (κ2) is 3.58. The molecule has 0 radical (unpaired) electrons. The highest BCUT2D eigenvalue weighted by Crippen LogP contribution is 2.08. The molecular weight excluding hydrogens is 154 g/mol. The quantitative estimate of drug-likeness (QED) is 0.674. The molecule has 0 saturated heterocycles. The van der Waals surface area contributed by atoms with Gasteiger partial charge in [-0.05, 0) is 11.6 Å². The van der Waals surface area contributed by atoms with Gasteiger partial charge in [0.2, 0.25) is 0 Å². The Bertz CT molecular complexity index is 199. The minimum Gasteiger partial charge on any atom is -0.433 e. The Labute approximate surface area is 64.0 Å². The lowest BCUT2D eigenvalue weighted by Crippen LogP contribution is -1.91. The van der Waals surface area contributed by atoms with Crippen molar-refractivity contribution >= 4 is 11.6 Å². The lowest BCUT2D eigenvalue weighted by molar-refractivity contribution is 0.196. The SMILES string of the molecule is COCCc1cnc(Cl)o1. The first-order chi connectivity index (χ1) is 4.83. The smallest absolute Gasteiger partial charge is 0.292 e. The standard InChI is InChI=1S/C6H8ClNO2/c1-9-3-2-5-4-8-6(7)10-5/h4H,2-3H2,1H3. The van der Waals surface area contributed by atoms with Crippen molar-refractivity contribution in [3.05, 3.63) is 17.3 Å². The van der Waals surface area contributed by atoms with Crippen molar-refractivity contribution in [1.29, 1.82) is 0 Å². The molecule has 1 aromatic heterocycles. The van der Waals surface area contributed by atoms with E-state index >= 15 is 0 Å². The summed E-state index contributed by atoms with van der Waals surface area (Å²) in [6.07, 6.45) is 2.32. The molecule has 0 spiro atoms. The van der Waals surface area contributed by atoms with E-state index in [1.165, 1.54) is 0 Å². The Balaban J connectivity index is 2.42. The number of ether oxygens (including phenoxy) is 1. The van der Waals surface area contributed by atoms with Gasteiger partial charge < -0.3 is 9.15 Å². The zero-order valence-corrected chi connectivity index (χ0v) is 6.39. The van der Waals surface area contributed by atoms with Crippen molar-refractivity contribution < 1.29 is 9.15 Å². The van der Waals surface area contributed by atoms with Gasteiger partial charge in [0.25, 0.3) is 5.35 Å². The van der Waals surface area contributed by atoms with Crippen LogP contribution in [0.3, 0.4) is 0 Å². The highest BCUT2D eigenvalue weighted by atomic mass is 35.5. The van der Waals surface area contributed by atoms with Gasteiger partial charge in [-0.1, -0.05) is 0 Å². The predicted octanol–water partition coefficient (Wildman–Crippen LogP) is 1.52. The van der Waals surface area contributed by atoms with Crippen LogP contribution >= 0.6 is 11.6 Å². The molecule has 0 aromatic carbocycles. The monoisotopic (exact) mass is 161 g/mol. The van der Waals surface area contributed by atoms with Crippen molar-refractivity contribution in [3.63, 3.8) is 0 Å². The van der Waals surface area contributed by atoms with Gasteiger partial charge >= 0.3 is 0 Å². The number of oxazole rings is 1. The minimum absolute atomic E-state index is 0.186. The zero-order chi connectivity index (χ0) is 7.40. The first-order valence-electron chi connectivity index (χ1n) is 2.92. The van der Waals surface area contributed by atoms with Gasteiger partial charge in [-0.15, -0.1) is 0 Å². The molecule has 1 aromatic rings. The van der Waals surface area contributed by atoms with Gasteiger partial charge in [0.05, 0.1) is 12.8 Å². The van der Waals surface area contributed by atoms with Crippen LogP contribution in [0.4, 0.5) is 0 Å². The number of hydrogen-bond acceptors (Lipinski definition) is 3. The van der Waals surface area contributed by atoms with Crippen LogP contribution in [0.2, 0.25) is 5.35 Å². The normalized spacial score (nSPS) is 10.2. The maximum absolute atomic E-state index is 5.42. The second-order valence-electron chi connectivity index (χ2n) is 1.82. The number of hydrogen-bond donors (Lipinski definition) is 0. The molecule has 1 heterocycles. The number of aromatic nitrogens is 1. The number of nitrogens with zero attached hydrogens (tertiary/aromatic N) is 1. The average Bonchev–Trinajstić information content (AvgIpc) is 2.31. The molecule has 0 amide bonds. The summed E-state index contributed by atoms with van der Waals surface area (Å²) in [6, 6.07) is 0. The number of rotatable bonds is 3. The summed E-state index contributed by atoms with van der Waals surface area (Å²) in [7, 11) is 1.64. The molecule has 0 saturated carbocycles. The molecule has 0 fully saturated rings. The van der Waals surface area contributed by atoms with Crippen LogP contribution in [-0.2, 0) is 11.2 Å². The minimum atomic E-state index is 0.186. The van der Waals surface area contributed by atoms with E-state index in [-0.39, 0.29) is 5.35 Å². The van der Waals surface area contributed by atoms with E-state index in [1.807, 2.05) is 0 Å². The molecule has 0 unspecified atom stereocenters. The van der Waals surface area contributed by atoms with E-state index in [2.05, 4.69) is 4.98 Å². The molecule has 0 bridgehead atoms. The molecule has 56 valence electrons. The second-order valence-corrected chi connectivity index (χ2v) is 2.15. The van der Waals surface area contributed by atoms with Crippen LogP contribution < -0.4 is 0 Å². The van der Waals surface area contributed by atoms with E-state index in [4.69, 9.17) is 20.8 Å². The Morgan fingerprint density at radius 1 is 1.80 bits per heavy atom. The van der Waals surface area contributed by atoms with E-state index in [1.54, 1.807) is 13.3 Å². The van der Waals surface area contributed by atoms with Crippen molar-refractivity contribution in [2.24, 2.45) is 0 Å². The van der Waals surface area contributed by atoms with Crippen LogP contribution in [0.5, 0.6) is 0 Å². The zero-order valence-electron chi connectivity index (χ0n) is 5.63. The summed E-state index contributed by atoms with van der Waals surface area (Å²) in [5, 5.41) is 0.186. The molecule has 0 atom stereocenters. The van der Waals surface area contributed by atoms with Crippen LogP contribution in [0.1, 0.15) is 5.76 Å². The molecule has 1 rings (SSSR count). The summed E-state index contributed by atoms with van der Waals surface area (Å²) in [5.74, 6) is 0.756. The van der Waals surface area contributed by atoms with Crippen molar-refractivity contribution in [1.82, 2.24) is 4.98 Å². The Kier molecular flexibility index (Phi) is 2.71. The number of methoxy groups -OCH3 is 1. The van der Waals surface area contributed by atoms with Crippen molar-refractivity contribution in [2.75, 3.05) is 13.7 Å². The topological polar surface area (TPSA) is 35.3 Å². The fraction of sp³-hybridized carbons (Fsp3) is 0.500. The molecule has 0 aliphatic carbocycles.